The maximum absolute atomic E-state index is 2.12. The van der Waals surface area contributed by atoms with Gasteiger partial charge >= 0.3 is 0 Å². The molecule has 0 unspecified atom stereocenters. The molecular formula is C39H104. The molecule has 0 N–H and O–H groups in total. The summed E-state index contributed by atoms with van der Waals surface area (Å²) in [5.74, 6) is 0. The van der Waals surface area contributed by atoms with Gasteiger partial charge in [-0.3, -0.25) is 0 Å². The lowest BCUT2D eigenvalue weighted by Gasteiger charge is -1.48. The van der Waals surface area contributed by atoms with Crippen molar-refractivity contribution in [3.63, 3.8) is 0 Å². The van der Waals surface area contributed by atoms with Crippen LogP contribution in [0.4, 0.5) is 0 Å². The Kier molecular flexibility index (Phi) is 658. The van der Waals surface area contributed by atoms with Crippen molar-refractivity contribution in [3.05, 3.63) is 0 Å². The lowest BCUT2D eigenvalue weighted by atomic mass is 10.6. The highest BCUT2D eigenvalue weighted by atomic mass is 13.5. The zero-order valence-corrected chi connectivity index (χ0v) is 35.2. The Labute approximate surface area is 263 Å². The molecule has 0 heteroatoms. The van der Waals surface area contributed by atoms with Gasteiger partial charge in [0.05, 0.1) is 0 Å². The molecule has 0 aromatic carbocycles. The second-order valence-corrected chi connectivity index (χ2v) is 9.19. The molecule has 0 bridgehead atoms. The normalized spacial score (nSPS) is 6.00. The van der Waals surface area contributed by atoms with Crippen LogP contribution in [0, 0.1) is 0 Å². The van der Waals surface area contributed by atoms with Gasteiger partial charge in [-0.2, -0.15) is 0 Å². The second kappa shape index (κ2) is 308. The minimum Gasteiger partial charge on any atom is -0.0656 e. The molecule has 0 heterocycles. The van der Waals surface area contributed by atoms with Gasteiger partial charge in [0.2, 0.25) is 0 Å². The highest BCUT2D eigenvalue weighted by Crippen LogP contribution is 1.59. The van der Waals surface area contributed by atoms with Crippen molar-refractivity contribution >= 4 is 0 Å². The molecule has 0 rings (SSSR count). The molecule has 0 aliphatic carbocycles. The highest BCUT2D eigenvalue weighted by Gasteiger charge is 1.39. The van der Waals surface area contributed by atoms with Crippen LogP contribution in [0.15, 0.2) is 0 Å². The van der Waals surface area contributed by atoms with Gasteiger partial charge in [0.1, 0.15) is 0 Å². The lowest BCUT2D eigenvalue weighted by Crippen LogP contribution is -1.27. The highest BCUT2D eigenvalue weighted by molar-refractivity contribution is 3.95. The average Bonchev–Trinajstić information content (AvgIpc) is 2.81. The van der Waals surface area contributed by atoms with E-state index in [0.717, 1.165) is 0 Å². The maximum atomic E-state index is 2.12. The Hall–Kier alpha value is 0. The van der Waals surface area contributed by atoms with Crippen molar-refractivity contribution < 1.29 is 0 Å². The van der Waals surface area contributed by atoms with Crippen LogP contribution in [0.3, 0.4) is 0 Å². The van der Waals surface area contributed by atoms with Crippen molar-refractivity contribution in [1.82, 2.24) is 0 Å². The van der Waals surface area contributed by atoms with Crippen molar-refractivity contribution in [1.29, 1.82) is 0 Å². The Morgan fingerprint density at radius 3 is 0.103 bits per heavy atom. The standard InChI is InChI=1S/13C3H8/c13*1-3-2/h13*3H2,1-2H3. The molecule has 0 aliphatic rings. The Morgan fingerprint density at radius 1 is 0.103 bits per heavy atom. The van der Waals surface area contributed by atoms with Crippen molar-refractivity contribution in [3.8, 4) is 0 Å². The molecule has 260 valence electrons. The molecule has 0 atom stereocenters. The zero-order valence-electron chi connectivity index (χ0n) is 35.2. The number of hydrogen-bond acceptors (Lipinski definition) is 0. The van der Waals surface area contributed by atoms with Crippen LogP contribution in [-0.2, 0) is 0 Å². The molecule has 0 aliphatic heterocycles. The molecule has 39 heavy (non-hydrogen) atoms. The van der Waals surface area contributed by atoms with Gasteiger partial charge in [-0.15, -0.1) is 0 Å². The summed E-state index contributed by atoms with van der Waals surface area (Å²) in [6, 6.07) is 0. The van der Waals surface area contributed by atoms with Crippen LogP contribution in [-0.4, -0.2) is 0 Å². The van der Waals surface area contributed by atoms with E-state index in [0.29, 0.717) is 0 Å². The monoisotopic (exact) mass is 573 g/mol. The first kappa shape index (κ1) is 83.3. The van der Waals surface area contributed by atoms with Gasteiger partial charge in [0.25, 0.3) is 0 Å². The summed E-state index contributed by atoms with van der Waals surface area (Å²) >= 11 is 0. The minimum atomic E-state index is 1.25. The molecule has 0 saturated heterocycles. The summed E-state index contributed by atoms with van der Waals surface area (Å²) in [6.45, 7) is 55.2. The predicted octanol–water partition coefficient (Wildman–Crippen LogP) is 18.4. The summed E-state index contributed by atoms with van der Waals surface area (Å²) in [7, 11) is 0. The fourth-order valence-electron chi connectivity index (χ4n) is 0. The lowest BCUT2D eigenvalue weighted by molar-refractivity contribution is 1.09. The van der Waals surface area contributed by atoms with E-state index in [2.05, 4.69) is 180 Å². The van der Waals surface area contributed by atoms with Gasteiger partial charge < -0.3 is 0 Å². The van der Waals surface area contributed by atoms with E-state index < -0.39 is 0 Å². The minimum absolute atomic E-state index is 1.25. The fraction of sp³-hybridized carbons (Fsp3) is 1.00. The van der Waals surface area contributed by atoms with Crippen LogP contribution >= 0.6 is 0 Å². The first-order valence-electron chi connectivity index (χ1n) is 18.4. The van der Waals surface area contributed by atoms with E-state index in [1.807, 2.05) is 0 Å². The van der Waals surface area contributed by atoms with Gasteiger partial charge in [-0.1, -0.05) is 263 Å². The van der Waals surface area contributed by atoms with Crippen molar-refractivity contribution in [2.24, 2.45) is 0 Å². The van der Waals surface area contributed by atoms with E-state index in [1.54, 1.807) is 0 Å². The van der Waals surface area contributed by atoms with Crippen molar-refractivity contribution in [2.75, 3.05) is 0 Å². The SMILES string of the molecule is CCC.CCC.CCC.CCC.CCC.CCC.CCC.CCC.CCC.CCC.CCC.CCC.CCC. The van der Waals surface area contributed by atoms with E-state index >= 15 is 0 Å². The molecule has 0 nitrogen and oxygen atoms in total. The maximum Gasteiger partial charge on any atom is -0.0590 e. The molecule has 0 saturated carbocycles. The van der Waals surface area contributed by atoms with Crippen LogP contribution < -0.4 is 0 Å². The van der Waals surface area contributed by atoms with Gasteiger partial charge in [0.15, 0.2) is 0 Å². The molecule has 0 fully saturated rings. The first-order chi connectivity index (χ1) is 18.4. The Bertz CT molecular complexity index is 48.1. The van der Waals surface area contributed by atoms with Crippen LogP contribution in [0.2, 0.25) is 0 Å². The second-order valence-electron chi connectivity index (χ2n) is 9.19. The van der Waals surface area contributed by atoms with Crippen molar-refractivity contribution in [2.45, 2.75) is 263 Å². The third-order valence-electron chi connectivity index (χ3n) is 0. The summed E-state index contributed by atoms with van der Waals surface area (Å²) in [5.41, 5.74) is 0. The summed E-state index contributed by atoms with van der Waals surface area (Å²) in [4.78, 5) is 0. The zero-order chi connectivity index (χ0) is 35.2. The van der Waals surface area contributed by atoms with Gasteiger partial charge in [-0.25, -0.2) is 0 Å². The summed E-state index contributed by atoms with van der Waals surface area (Å²) in [6.07, 6.45) is 16.2. The Morgan fingerprint density at radius 2 is 0.103 bits per heavy atom. The third kappa shape index (κ3) is 0. The average molecular weight is 573 g/mol. The summed E-state index contributed by atoms with van der Waals surface area (Å²) < 4.78 is 0. The quantitative estimate of drug-likeness (QED) is 0.271. The van der Waals surface area contributed by atoms with Crippen LogP contribution in [0.5, 0.6) is 0 Å². The van der Waals surface area contributed by atoms with Gasteiger partial charge in [-0.05, 0) is 0 Å². The van der Waals surface area contributed by atoms with E-state index in [-0.39, 0.29) is 0 Å². The first-order valence-corrected chi connectivity index (χ1v) is 18.4. The number of hydrogen-bond donors (Lipinski definition) is 0. The topological polar surface area (TPSA) is 0 Å². The molecule has 0 radical (unpaired) electrons. The fourth-order valence-corrected chi connectivity index (χ4v) is 0. The largest absolute Gasteiger partial charge is 0.0656 e. The Balaban J connectivity index is -0.0000000171. The van der Waals surface area contributed by atoms with Crippen LogP contribution in [0.1, 0.15) is 263 Å². The third-order valence-corrected chi connectivity index (χ3v) is 0. The molecule has 0 spiro atoms. The van der Waals surface area contributed by atoms with E-state index in [4.69, 9.17) is 0 Å². The molecule has 0 aromatic rings. The smallest absolute Gasteiger partial charge is 0.0590 e. The molecule has 0 amide bonds. The van der Waals surface area contributed by atoms with Gasteiger partial charge in [0, 0.05) is 0 Å². The van der Waals surface area contributed by atoms with E-state index in [1.165, 1.54) is 83.5 Å². The number of rotatable bonds is 0. The van der Waals surface area contributed by atoms with Crippen LogP contribution in [0.25, 0.3) is 0 Å². The molecular weight excluding hydrogens is 468 g/mol. The predicted molar refractivity (Wildman–Crippen MR) is 208 cm³/mol. The summed E-state index contributed by atoms with van der Waals surface area (Å²) in [5, 5.41) is 0. The molecule has 0 aromatic heterocycles. The van der Waals surface area contributed by atoms with E-state index in [9.17, 15) is 0 Å².